The monoisotopic (exact) mass is 449 g/mol. The number of carbonyl (C=O) groups is 1. The molecule has 1 aliphatic heterocycles. The summed E-state index contributed by atoms with van der Waals surface area (Å²) in [4.78, 5) is 16.9. The summed E-state index contributed by atoms with van der Waals surface area (Å²) in [6, 6.07) is 14.5. The van der Waals surface area contributed by atoms with Crippen LogP contribution in [0.2, 0.25) is 0 Å². The number of hydrogen-bond donors (Lipinski definition) is 1. The van der Waals surface area contributed by atoms with Gasteiger partial charge >= 0.3 is 0 Å². The Labute approximate surface area is 196 Å². The number of aromatic nitrogens is 2. The Morgan fingerprint density at radius 2 is 2.03 bits per heavy atom. The highest BCUT2D eigenvalue weighted by molar-refractivity contribution is 5.80. The fourth-order valence-electron chi connectivity index (χ4n) is 4.39. The fourth-order valence-corrected chi connectivity index (χ4v) is 4.39. The molecule has 1 aromatic heterocycles. The van der Waals surface area contributed by atoms with Crippen LogP contribution in [0.5, 0.6) is 5.75 Å². The van der Waals surface area contributed by atoms with Crippen molar-refractivity contribution in [1.82, 2.24) is 14.9 Å². The predicted octanol–water partition coefficient (Wildman–Crippen LogP) is 4.74. The topological polar surface area (TPSA) is 65.4 Å². The molecule has 0 aliphatic carbocycles. The lowest BCUT2D eigenvalue weighted by atomic mass is 10.1. The Bertz CT molecular complexity index is 1070. The third-order valence-electron chi connectivity index (χ3n) is 6.46. The Morgan fingerprint density at radius 1 is 1.15 bits per heavy atom. The second-order valence-electron chi connectivity index (χ2n) is 8.82. The van der Waals surface area contributed by atoms with Crippen molar-refractivity contribution < 1.29 is 14.3 Å². The second kappa shape index (κ2) is 11.3. The van der Waals surface area contributed by atoms with Crippen molar-refractivity contribution in [3.8, 4) is 5.75 Å². The number of nitrogens with one attached hydrogen (secondary N) is 1. The molecule has 3 aromatic rings. The largest absolute Gasteiger partial charge is 0.491 e. The van der Waals surface area contributed by atoms with Crippen LogP contribution in [-0.4, -0.2) is 41.3 Å². The number of rotatable bonds is 11. The summed E-state index contributed by atoms with van der Waals surface area (Å²) in [5, 5.41) is 3.01. The quantitative estimate of drug-likeness (QED) is 0.430. The van der Waals surface area contributed by atoms with Crippen molar-refractivity contribution in [3.63, 3.8) is 0 Å². The van der Waals surface area contributed by atoms with E-state index in [9.17, 15) is 4.79 Å². The Morgan fingerprint density at radius 3 is 2.88 bits per heavy atom. The van der Waals surface area contributed by atoms with Gasteiger partial charge in [-0.1, -0.05) is 30.7 Å². The molecule has 0 saturated carbocycles. The smallest absolute Gasteiger partial charge is 0.249 e. The van der Waals surface area contributed by atoms with Gasteiger partial charge in [0.1, 0.15) is 24.3 Å². The van der Waals surface area contributed by atoms with Gasteiger partial charge in [-0.15, -0.1) is 0 Å². The molecule has 1 saturated heterocycles. The van der Waals surface area contributed by atoms with Gasteiger partial charge in [0.2, 0.25) is 5.91 Å². The second-order valence-corrected chi connectivity index (χ2v) is 8.82. The number of nitrogens with zero attached hydrogens (tertiary/aromatic N) is 2. The van der Waals surface area contributed by atoms with Crippen LogP contribution < -0.4 is 10.1 Å². The normalized spacial score (nSPS) is 15.8. The highest BCUT2D eigenvalue weighted by atomic mass is 16.5. The van der Waals surface area contributed by atoms with Crippen molar-refractivity contribution in [3.05, 3.63) is 59.4 Å². The molecule has 6 nitrogen and oxygen atoms in total. The molecule has 1 atom stereocenters. The summed E-state index contributed by atoms with van der Waals surface area (Å²) in [7, 11) is 0. The molecule has 1 fully saturated rings. The first-order valence-corrected chi connectivity index (χ1v) is 12.2. The van der Waals surface area contributed by atoms with E-state index in [-0.39, 0.29) is 12.0 Å². The number of fused-ring (bicyclic) bond motifs is 1. The number of benzene rings is 2. The zero-order valence-electron chi connectivity index (χ0n) is 19.8. The molecular formula is C27H35N3O3. The molecule has 0 radical (unpaired) electrons. The first-order chi connectivity index (χ1) is 16.1. The van der Waals surface area contributed by atoms with Crippen molar-refractivity contribution in [2.75, 3.05) is 19.8 Å². The van der Waals surface area contributed by atoms with Gasteiger partial charge in [-0.05, 0) is 68.9 Å². The van der Waals surface area contributed by atoms with Crippen LogP contribution in [-0.2, 0) is 22.5 Å². The summed E-state index contributed by atoms with van der Waals surface area (Å²) in [5.74, 6) is 2.09. The van der Waals surface area contributed by atoms with Gasteiger partial charge in [0.05, 0.1) is 17.6 Å². The molecule has 6 heteroatoms. The van der Waals surface area contributed by atoms with Gasteiger partial charge in [-0.2, -0.15) is 0 Å². The Kier molecular flexibility index (Phi) is 8.00. The highest BCUT2D eigenvalue weighted by Gasteiger charge is 2.22. The van der Waals surface area contributed by atoms with E-state index in [2.05, 4.69) is 48.0 Å². The third kappa shape index (κ3) is 5.93. The average molecular weight is 450 g/mol. The van der Waals surface area contributed by atoms with Crippen molar-refractivity contribution in [2.24, 2.45) is 0 Å². The van der Waals surface area contributed by atoms with Crippen LogP contribution in [0.4, 0.5) is 0 Å². The average Bonchev–Trinajstić information content (AvgIpc) is 3.47. The molecule has 1 N–H and O–H groups in total. The minimum absolute atomic E-state index is 0.0399. The van der Waals surface area contributed by atoms with Gasteiger partial charge in [-0.25, -0.2) is 4.98 Å². The number of unbranched alkanes of at least 4 members (excludes halogenated alkanes) is 2. The lowest BCUT2D eigenvalue weighted by molar-refractivity contribution is -0.130. The number of aryl methyl sites for hydroxylation is 2. The summed E-state index contributed by atoms with van der Waals surface area (Å²) < 4.78 is 13.8. The zero-order valence-corrected chi connectivity index (χ0v) is 19.8. The van der Waals surface area contributed by atoms with Crippen molar-refractivity contribution in [2.45, 2.75) is 65.0 Å². The SMILES string of the molecule is Cc1cccc(OCCn2c(CCCCCNC(=O)C3CCCO3)nc3ccccc32)c1C. The lowest BCUT2D eigenvalue weighted by Crippen LogP contribution is -2.34. The van der Waals surface area contributed by atoms with Gasteiger partial charge in [-0.3, -0.25) is 4.79 Å². The molecule has 4 rings (SSSR count). The van der Waals surface area contributed by atoms with Crippen molar-refractivity contribution >= 4 is 16.9 Å². The summed E-state index contributed by atoms with van der Waals surface area (Å²) in [5.41, 5.74) is 4.62. The zero-order chi connectivity index (χ0) is 23.0. The van der Waals surface area contributed by atoms with Crippen LogP contribution in [0, 0.1) is 13.8 Å². The number of imidazole rings is 1. The standard InChI is InChI=1S/C27H35N3O3/c1-20-10-8-13-24(21(20)2)33-19-17-30-23-12-6-5-11-22(23)29-26(30)15-4-3-7-16-28-27(31)25-14-9-18-32-25/h5-6,8,10-13,25H,3-4,7,9,14-19H2,1-2H3,(H,28,31). The molecule has 0 spiro atoms. The predicted molar refractivity (Wildman–Crippen MR) is 131 cm³/mol. The summed E-state index contributed by atoms with van der Waals surface area (Å²) >= 11 is 0. The van der Waals surface area contributed by atoms with Gasteiger partial charge in [0, 0.05) is 19.6 Å². The fraction of sp³-hybridized carbons (Fsp3) is 0.481. The van der Waals surface area contributed by atoms with Crippen molar-refractivity contribution in [1.29, 1.82) is 0 Å². The number of carbonyl (C=O) groups excluding carboxylic acids is 1. The third-order valence-corrected chi connectivity index (χ3v) is 6.46. The van der Waals surface area contributed by atoms with Crippen LogP contribution in [0.1, 0.15) is 49.1 Å². The molecule has 33 heavy (non-hydrogen) atoms. The molecule has 1 amide bonds. The van der Waals surface area contributed by atoms with E-state index in [0.717, 1.165) is 67.7 Å². The molecular weight excluding hydrogens is 414 g/mol. The maximum absolute atomic E-state index is 12.0. The minimum atomic E-state index is -0.240. The highest BCUT2D eigenvalue weighted by Crippen LogP contribution is 2.22. The van der Waals surface area contributed by atoms with E-state index in [1.54, 1.807) is 0 Å². The van der Waals surface area contributed by atoms with Crippen LogP contribution >= 0.6 is 0 Å². The maximum atomic E-state index is 12.0. The summed E-state index contributed by atoms with van der Waals surface area (Å²) in [6.45, 7) is 6.99. The number of hydrogen-bond acceptors (Lipinski definition) is 4. The van der Waals surface area contributed by atoms with Crippen LogP contribution in [0.3, 0.4) is 0 Å². The first-order valence-electron chi connectivity index (χ1n) is 12.2. The van der Waals surface area contributed by atoms with Gasteiger partial charge in [0.15, 0.2) is 0 Å². The lowest BCUT2D eigenvalue weighted by Gasteiger charge is -2.13. The van der Waals surface area contributed by atoms with Crippen LogP contribution in [0.25, 0.3) is 11.0 Å². The maximum Gasteiger partial charge on any atom is 0.249 e. The molecule has 0 bridgehead atoms. The summed E-state index contributed by atoms with van der Waals surface area (Å²) in [6.07, 6.45) is 5.55. The minimum Gasteiger partial charge on any atom is -0.491 e. The molecule has 2 heterocycles. The van der Waals surface area contributed by atoms with Gasteiger partial charge in [0.25, 0.3) is 0 Å². The Hall–Kier alpha value is -2.86. The number of amides is 1. The van der Waals surface area contributed by atoms with E-state index in [1.165, 1.54) is 11.1 Å². The molecule has 1 unspecified atom stereocenters. The first kappa shape index (κ1) is 23.3. The molecule has 2 aromatic carbocycles. The van der Waals surface area contributed by atoms with E-state index < -0.39 is 0 Å². The van der Waals surface area contributed by atoms with Crippen LogP contribution in [0.15, 0.2) is 42.5 Å². The Balaban J connectivity index is 1.28. The molecule has 176 valence electrons. The van der Waals surface area contributed by atoms with Gasteiger partial charge < -0.3 is 19.4 Å². The van der Waals surface area contributed by atoms with E-state index in [0.29, 0.717) is 19.8 Å². The number of para-hydroxylation sites is 2. The number of ether oxygens (including phenoxy) is 2. The molecule has 1 aliphatic rings. The van der Waals surface area contributed by atoms with E-state index in [4.69, 9.17) is 14.5 Å². The van der Waals surface area contributed by atoms with E-state index >= 15 is 0 Å². The van der Waals surface area contributed by atoms with E-state index in [1.807, 2.05) is 18.2 Å².